The molecule has 3 aromatic carbocycles. The molecular formula is C22H18FN3O4. The predicted octanol–water partition coefficient (Wildman–Crippen LogP) is 4.51. The predicted molar refractivity (Wildman–Crippen MR) is 110 cm³/mol. The number of rotatable bonds is 6. The van der Waals surface area contributed by atoms with Gasteiger partial charge in [0, 0.05) is 23.2 Å². The van der Waals surface area contributed by atoms with Gasteiger partial charge >= 0.3 is 0 Å². The number of anilines is 2. The van der Waals surface area contributed by atoms with Crippen LogP contribution in [-0.2, 0) is 6.61 Å². The van der Waals surface area contributed by atoms with E-state index in [2.05, 4.69) is 15.3 Å². The molecule has 0 radical (unpaired) electrons. The molecule has 8 heteroatoms. The van der Waals surface area contributed by atoms with Gasteiger partial charge in [0.25, 0.3) is 0 Å². The van der Waals surface area contributed by atoms with Gasteiger partial charge in [-0.1, -0.05) is 12.1 Å². The number of ether oxygens (including phenoxy) is 2. The highest BCUT2D eigenvalue weighted by Gasteiger charge is 2.11. The third kappa shape index (κ3) is 4.02. The van der Waals surface area contributed by atoms with E-state index in [1.54, 1.807) is 30.3 Å². The van der Waals surface area contributed by atoms with E-state index >= 15 is 0 Å². The van der Waals surface area contributed by atoms with Crippen molar-refractivity contribution in [3.05, 3.63) is 72.3 Å². The number of phenols is 2. The molecule has 4 aromatic rings. The van der Waals surface area contributed by atoms with Gasteiger partial charge in [0.1, 0.15) is 24.6 Å². The van der Waals surface area contributed by atoms with Crippen LogP contribution in [0.25, 0.3) is 10.9 Å². The van der Waals surface area contributed by atoms with Gasteiger partial charge in [0.05, 0.1) is 12.6 Å². The molecule has 4 rings (SSSR count). The number of methoxy groups -OCH3 is 1. The molecule has 0 aliphatic heterocycles. The molecule has 0 fully saturated rings. The van der Waals surface area contributed by atoms with Gasteiger partial charge in [-0.25, -0.2) is 14.4 Å². The highest BCUT2D eigenvalue weighted by molar-refractivity contribution is 5.93. The number of hydrogen-bond acceptors (Lipinski definition) is 7. The maximum absolute atomic E-state index is 13.3. The molecule has 0 saturated heterocycles. The molecule has 30 heavy (non-hydrogen) atoms. The fraction of sp³-hybridized carbons (Fsp3) is 0.0909. The van der Waals surface area contributed by atoms with Crippen molar-refractivity contribution in [2.75, 3.05) is 12.4 Å². The van der Waals surface area contributed by atoms with Crippen LogP contribution in [0, 0.1) is 5.82 Å². The monoisotopic (exact) mass is 407 g/mol. The summed E-state index contributed by atoms with van der Waals surface area (Å²) in [4.78, 5) is 8.40. The van der Waals surface area contributed by atoms with Crippen LogP contribution in [0.2, 0.25) is 0 Å². The van der Waals surface area contributed by atoms with Crippen molar-refractivity contribution in [3.8, 4) is 23.0 Å². The smallest absolute Gasteiger partial charge is 0.162 e. The summed E-state index contributed by atoms with van der Waals surface area (Å²) in [6.45, 7) is 0.121. The quantitative estimate of drug-likeness (QED) is 0.433. The first-order valence-electron chi connectivity index (χ1n) is 9.02. The number of nitrogens with zero attached hydrogens (tertiary/aromatic N) is 2. The summed E-state index contributed by atoms with van der Waals surface area (Å²) in [6.07, 6.45) is 1.39. The number of nitrogens with one attached hydrogen (secondary N) is 1. The SMILES string of the molecule is COc1cc2ncnc(Nc3ccc(OCc4cccc(F)c4)c(O)c3)c2cc1O. The Hall–Kier alpha value is -4.07. The minimum Gasteiger partial charge on any atom is -0.504 e. The van der Waals surface area contributed by atoms with Gasteiger partial charge in [-0.15, -0.1) is 0 Å². The molecular weight excluding hydrogens is 389 g/mol. The topological polar surface area (TPSA) is 96.7 Å². The van der Waals surface area contributed by atoms with Crippen molar-refractivity contribution in [3.63, 3.8) is 0 Å². The van der Waals surface area contributed by atoms with Crippen molar-refractivity contribution in [2.24, 2.45) is 0 Å². The van der Waals surface area contributed by atoms with Crippen molar-refractivity contribution < 1.29 is 24.1 Å². The van der Waals surface area contributed by atoms with Crippen LogP contribution in [0.15, 0.2) is 60.9 Å². The lowest BCUT2D eigenvalue weighted by atomic mass is 10.2. The maximum atomic E-state index is 13.3. The van der Waals surface area contributed by atoms with E-state index in [0.29, 0.717) is 33.7 Å². The molecule has 0 aliphatic rings. The summed E-state index contributed by atoms with van der Waals surface area (Å²) in [6, 6.07) is 14.0. The Bertz CT molecular complexity index is 1220. The first-order valence-corrected chi connectivity index (χ1v) is 9.02. The van der Waals surface area contributed by atoms with Gasteiger partial charge in [0.2, 0.25) is 0 Å². The summed E-state index contributed by atoms with van der Waals surface area (Å²) < 4.78 is 23.9. The molecule has 1 aromatic heterocycles. The van der Waals surface area contributed by atoms with E-state index in [1.165, 1.54) is 37.7 Å². The Labute approximate surface area is 171 Å². The third-order valence-electron chi connectivity index (χ3n) is 4.44. The second kappa shape index (κ2) is 8.12. The van der Waals surface area contributed by atoms with Crippen molar-refractivity contribution in [1.82, 2.24) is 9.97 Å². The minimum absolute atomic E-state index is 0.0354. The Kier molecular flexibility index (Phi) is 5.21. The van der Waals surface area contributed by atoms with Gasteiger partial charge in [0.15, 0.2) is 23.0 Å². The Morgan fingerprint density at radius 2 is 1.80 bits per heavy atom. The summed E-state index contributed by atoms with van der Waals surface area (Å²) in [5.74, 6) is 0.557. The lowest BCUT2D eigenvalue weighted by molar-refractivity contribution is 0.288. The van der Waals surface area contributed by atoms with E-state index in [4.69, 9.17) is 9.47 Å². The van der Waals surface area contributed by atoms with Crippen LogP contribution < -0.4 is 14.8 Å². The molecule has 0 unspecified atom stereocenters. The first-order chi connectivity index (χ1) is 14.5. The molecule has 152 valence electrons. The summed E-state index contributed by atoms with van der Waals surface area (Å²) in [7, 11) is 1.46. The fourth-order valence-corrected chi connectivity index (χ4v) is 2.98. The fourth-order valence-electron chi connectivity index (χ4n) is 2.98. The lowest BCUT2D eigenvalue weighted by Crippen LogP contribution is -1.98. The zero-order valence-electron chi connectivity index (χ0n) is 16.0. The highest BCUT2D eigenvalue weighted by Crippen LogP contribution is 2.35. The van der Waals surface area contributed by atoms with Gasteiger partial charge in [-0.2, -0.15) is 0 Å². The molecule has 0 saturated carbocycles. The Morgan fingerprint density at radius 3 is 2.57 bits per heavy atom. The average Bonchev–Trinajstić information content (AvgIpc) is 2.73. The largest absolute Gasteiger partial charge is 0.504 e. The average molecular weight is 407 g/mol. The van der Waals surface area contributed by atoms with Crippen LogP contribution in [0.1, 0.15) is 5.56 Å². The molecule has 3 N–H and O–H groups in total. The van der Waals surface area contributed by atoms with E-state index in [0.717, 1.165) is 0 Å². The van der Waals surface area contributed by atoms with Crippen LogP contribution in [-0.4, -0.2) is 27.3 Å². The number of fused-ring (bicyclic) bond motifs is 1. The Balaban J connectivity index is 1.54. The van der Waals surface area contributed by atoms with Crippen molar-refractivity contribution in [1.29, 1.82) is 0 Å². The molecule has 0 bridgehead atoms. The molecule has 0 amide bonds. The normalized spacial score (nSPS) is 10.7. The zero-order chi connectivity index (χ0) is 21.1. The zero-order valence-corrected chi connectivity index (χ0v) is 16.0. The van der Waals surface area contributed by atoms with Crippen LogP contribution >= 0.6 is 0 Å². The summed E-state index contributed by atoms with van der Waals surface area (Å²) in [5.41, 5.74) is 1.79. The highest BCUT2D eigenvalue weighted by atomic mass is 19.1. The number of aromatic nitrogens is 2. The number of aromatic hydroxyl groups is 2. The second-order valence-corrected chi connectivity index (χ2v) is 6.49. The van der Waals surface area contributed by atoms with E-state index in [-0.39, 0.29) is 29.7 Å². The van der Waals surface area contributed by atoms with E-state index < -0.39 is 0 Å². The Morgan fingerprint density at radius 1 is 0.967 bits per heavy atom. The summed E-state index contributed by atoms with van der Waals surface area (Å²) in [5, 5.41) is 24.0. The van der Waals surface area contributed by atoms with Crippen molar-refractivity contribution >= 4 is 22.4 Å². The number of benzene rings is 3. The van der Waals surface area contributed by atoms with Crippen LogP contribution in [0.5, 0.6) is 23.0 Å². The summed E-state index contributed by atoms with van der Waals surface area (Å²) >= 11 is 0. The number of hydrogen-bond donors (Lipinski definition) is 3. The van der Waals surface area contributed by atoms with Crippen LogP contribution in [0.4, 0.5) is 15.9 Å². The van der Waals surface area contributed by atoms with Gasteiger partial charge in [-0.05, 0) is 35.9 Å². The minimum atomic E-state index is -0.347. The molecule has 0 aliphatic carbocycles. The van der Waals surface area contributed by atoms with Gasteiger partial charge in [-0.3, -0.25) is 0 Å². The lowest BCUT2D eigenvalue weighted by Gasteiger charge is -2.12. The molecule has 0 atom stereocenters. The van der Waals surface area contributed by atoms with E-state index in [1.807, 2.05) is 0 Å². The van der Waals surface area contributed by atoms with Crippen LogP contribution in [0.3, 0.4) is 0 Å². The van der Waals surface area contributed by atoms with Crippen molar-refractivity contribution in [2.45, 2.75) is 6.61 Å². The molecule has 0 spiro atoms. The van der Waals surface area contributed by atoms with E-state index in [9.17, 15) is 14.6 Å². The maximum Gasteiger partial charge on any atom is 0.162 e. The van der Waals surface area contributed by atoms with Gasteiger partial charge < -0.3 is 25.0 Å². The standard InChI is InChI=1S/C22H18FN3O4/c1-29-21-10-17-16(9-19(21)28)22(25-12-24-17)26-15-5-6-20(18(27)8-15)30-11-13-3-2-4-14(23)7-13/h2-10,12,27-28H,11H2,1H3,(H,24,25,26). The number of halogens is 1. The first kappa shape index (κ1) is 19.3. The molecule has 1 heterocycles. The number of phenolic OH excluding ortho intramolecular Hbond substituents is 2. The second-order valence-electron chi connectivity index (χ2n) is 6.49. The molecule has 7 nitrogen and oxygen atoms in total. The third-order valence-corrected chi connectivity index (χ3v) is 4.44.